The maximum Gasteiger partial charge on any atom is 0.472 e. The first kappa shape index (κ1) is 103. The Morgan fingerprint density at radius 3 is 0.776 bits per heavy atom. The number of carbonyl (C=O) groups excluding carboxylic acids is 3. The lowest BCUT2D eigenvalue weighted by Crippen LogP contribution is -2.30. The lowest BCUT2D eigenvalue weighted by Gasteiger charge is -2.21. The first-order chi connectivity index (χ1) is 52.2. The van der Waals surface area contributed by atoms with Gasteiger partial charge in [-0.1, -0.05) is 342 Å². The van der Waals surface area contributed by atoms with Gasteiger partial charge in [0.2, 0.25) is 0 Å². The van der Waals surface area contributed by atoms with Crippen LogP contribution in [0, 0.1) is 0 Å². The van der Waals surface area contributed by atoms with Gasteiger partial charge in [0.15, 0.2) is 6.10 Å². The number of allylic oxidation sites excluding steroid dienone is 18. The van der Waals surface area contributed by atoms with Gasteiger partial charge in [-0.2, -0.15) is 0 Å². The van der Waals surface area contributed by atoms with Crippen molar-refractivity contribution in [2.45, 2.75) is 399 Å². The van der Waals surface area contributed by atoms with Crippen LogP contribution in [0.3, 0.4) is 0 Å². The van der Waals surface area contributed by atoms with Gasteiger partial charge in [0, 0.05) is 19.3 Å². The Kier molecular flexibility index (Phi) is 78.8. The van der Waals surface area contributed by atoms with E-state index in [1.807, 2.05) is 0 Å². The van der Waals surface area contributed by atoms with Gasteiger partial charge in [-0.15, -0.1) is 0 Å². The number of hydrogen-bond acceptors (Lipinski definition) is 14. The van der Waals surface area contributed by atoms with E-state index in [0.717, 1.165) is 128 Å². The van der Waals surface area contributed by atoms with Crippen molar-refractivity contribution in [3.05, 3.63) is 109 Å². The number of phosphoric acid groups is 2. The van der Waals surface area contributed by atoms with Crippen LogP contribution in [-0.2, 0) is 55.8 Å². The second kappa shape index (κ2) is 81.7. The standard InChI is InChI=1S/C89H158O16P2/c1-4-7-10-13-16-19-22-24-26-28-30-32-34-36-38-39-40-41-42-43-45-47-48-50-52-54-56-58-61-63-66-69-72-75-87(92)99-78-84(90)79-101-106(95,96)102-80-85(91)81-103-107(97,98)104-83-86(105-89(94)77-74-71-68-65-60-21-18-15-12-9-6-3)82-100-88(93)76-73-70-67-64-62-59-57-55-53-51-49-46-44-37-35-33-31-29-27-25-23-20-17-14-11-8-5-2/h15-20,24-27,30-33,36-38,44,84-86,90-91H,4-14,21-23,28-29,34-35,39-43,45-83H2,1-3H3,(H,95,96)(H,97,98)/b18-15-,19-16-,20-17-,26-24-,27-25-,32-30-,33-31-,38-36-,44-37-. The van der Waals surface area contributed by atoms with Crippen LogP contribution in [-0.4, -0.2) is 95.9 Å². The summed E-state index contributed by atoms with van der Waals surface area (Å²) in [6.07, 6.45) is 97.4. The van der Waals surface area contributed by atoms with Crippen molar-refractivity contribution >= 4 is 33.6 Å². The molecule has 0 aliphatic carbocycles. The van der Waals surface area contributed by atoms with E-state index < -0.39 is 91.5 Å². The van der Waals surface area contributed by atoms with Gasteiger partial charge in [0.1, 0.15) is 25.4 Å². The first-order valence-electron chi connectivity index (χ1n) is 43.2. The Morgan fingerprint density at radius 1 is 0.262 bits per heavy atom. The second-order valence-corrected chi connectivity index (χ2v) is 31.9. The Labute approximate surface area is 653 Å². The summed E-state index contributed by atoms with van der Waals surface area (Å²) in [6, 6.07) is 0. The zero-order valence-corrected chi connectivity index (χ0v) is 69.8. The summed E-state index contributed by atoms with van der Waals surface area (Å²) in [4.78, 5) is 58.7. The third-order valence-corrected chi connectivity index (χ3v) is 20.3. The van der Waals surface area contributed by atoms with Gasteiger partial charge in [0.25, 0.3) is 0 Å². The largest absolute Gasteiger partial charge is 0.472 e. The van der Waals surface area contributed by atoms with Crippen LogP contribution in [0.2, 0.25) is 0 Å². The molecule has 0 aliphatic rings. The predicted molar refractivity (Wildman–Crippen MR) is 445 cm³/mol. The Morgan fingerprint density at radius 2 is 0.477 bits per heavy atom. The van der Waals surface area contributed by atoms with Crippen molar-refractivity contribution in [2.24, 2.45) is 0 Å². The summed E-state index contributed by atoms with van der Waals surface area (Å²) in [7, 11) is -9.79. The average molecular weight is 1550 g/mol. The number of carbonyl (C=O) groups is 3. The van der Waals surface area contributed by atoms with E-state index in [2.05, 4.69) is 130 Å². The number of phosphoric ester groups is 2. The summed E-state index contributed by atoms with van der Waals surface area (Å²) in [5.74, 6) is -1.58. The number of aliphatic hydroxyl groups excluding tert-OH is 2. The predicted octanol–water partition coefficient (Wildman–Crippen LogP) is 25.9. The van der Waals surface area contributed by atoms with Crippen LogP contribution in [0.1, 0.15) is 380 Å². The molecule has 0 spiro atoms. The minimum absolute atomic E-state index is 0.0940. The summed E-state index contributed by atoms with van der Waals surface area (Å²) in [5.41, 5.74) is 0. The molecule has 0 saturated carbocycles. The molecule has 0 bridgehead atoms. The molecule has 16 nitrogen and oxygen atoms in total. The monoisotopic (exact) mass is 1550 g/mol. The van der Waals surface area contributed by atoms with Crippen molar-refractivity contribution in [1.29, 1.82) is 0 Å². The van der Waals surface area contributed by atoms with Crippen LogP contribution in [0.15, 0.2) is 109 Å². The summed E-state index contributed by atoms with van der Waals surface area (Å²) in [5, 5.41) is 20.7. The first-order valence-corrected chi connectivity index (χ1v) is 46.2. The Balaban J connectivity index is 4.36. The maximum atomic E-state index is 12.9. The van der Waals surface area contributed by atoms with E-state index in [1.165, 1.54) is 193 Å². The number of aliphatic hydroxyl groups is 2. The average Bonchev–Trinajstić information content (AvgIpc) is 0.920. The molecule has 0 aromatic rings. The van der Waals surface area contributed by atoms with E-state index in [-0.39, 0.29) is 19.3 Å². The molecule has 0 aromatic carbocycles. The minimum Gasteiger partial charge on any atom is -0.463 e. The molecular formula is C89H158O16P2. The number of rotatable bonds is 82. The van der Waals surface area contributed by atoms with Crippen LogP contribution in [0.5, 0.6) is 0 Å². The number of ether oxygens (including phenoxy) is 3. The van der Waals surface area contributed by atoms with Crippen molar-refractivity contribution < 1.29 is 75.8 Å². The number of unbranched alkanes of at least 4 members (excludes halogenated alkanes) is 41. The molecule has 0 radical (unpaired) electrons. The molecule has 0 aromatic heterocycles. The molecule has 5 atom stereocenters. The molecule has 4 N–H and O–H groups in total. The SMILES string of the molecule is CCCC/C=C\CCCCCCCC(=O)OC(COC(=O)CCCCCCCCCCCCC/C=C\C/C=C\C/C=C\C/C=C\CCCCC)COP(=O)(O)OCC(O)COP(=O)(O)OCC(O)COC(=O)CCCCCCCCCCCCCCCCCCC/C=C\C/C=C\C/C=C\C/C=C\CCCCC. The minimum atomic E-state index is -4.93. The summed E-state index contributed by atoms with van der Waals surface area (Å²) in [6.45, 7) is 2.61. The smallest absolute Gasteiger partial charge is 0.463 e. The maximum absolute atomic E-state index is 12.9. The molecule has 0 aliphatic heterocycles. The molecule has 0 fully saturated rings. The highest BCUT2D eigenvalue weighted by Gasteiger charge is 2.29. The van der Waals surface area contributed by atoms with Gasteiger partial charge in [0.05, 0.1) is 26.4 Å². The molecule has 0 heterocycles. The molecular weight excluding hydrogens is 1390 g/mol. The Bertz CT molecular complexity index is 2380. The second-order valence-electron chi connectivity index (χ2n) is 29.0. The van der Waals surface area contributed by atoms with Gasteiger partial charge >= 0.3 is 33.6 Å². The topological polar surface area (TPSA) is 231 Å². The molecule has 18 heteroatoms. The molecule has 0 saturated heterocycles. The van der Waals surface area contributed by atoms with Gasteiger partial charge in [-0.25, -0.2) is 9.13 Å². The van der Waals surface area contributed by atoms with Crippen molar-refractivity contribution in [3.63, 3.8) is 0 Å². The fourth-order valence-corrected chi connectivity index (χ4v) is 13.4. The highest BCUT2D eigenvalue weighted by molar-refractivity contribution is 7.47. The lowest BCUT2D eigenvalue weighted by molar-refractivity contribution is -0.161. The van der Waals surface area contributed by atoms with E-state index in [1.54, 1.807) is 0 Å². The number of esters is 3. The van der Waals surface area contributed by atoms with Crippen molar-refractivity contribution in [1.82, 2.24) is 0 Å². The number of hydrogen-bond donors (Lipinski definition) is 4. The Hall–Kier alpha value is -3.79. The fourth-order valence-electron chi connectivity index (χ4n) is 11.8. The van der Waals surface area contributed by atoms with E-state index in [4.69, 9.17) is 32.3 Å². The van der Waals surface area contributed by atoms with E-state index in [0.29, 0.717) is 19.3 Å². The van der Waals surface area contributed by atoms with Crippen molar-refractivity contribution in [3.8, 4) is 0 Å². The zero-order valence-electron chi connectivity index (χ0n) is 68.0. The highest BCUT2D eigenvalue weighted by atomic mass is 31.2. The third-order valence-electron chi connectivity index (χ3n) is 18.4. The van der Waals surface area contributed by atoms with Gasteiger partial charge in [-0.05, 0) is 128 Å². The van der Waals surface area contributed by atoms with Crippen LogP contribution < -0.4 is 0 Å². The van der Waals surface area contributed by atoms with Crippen LogP contribution in [0.4, 0.5) is 0 Å². The van der Waals surface area contributed by atoms with Crippen LogP contribution in [0.25, 0.3) is 0 Å². The van der Waals surface area contributed by atoms with Crippen molar-refractivity contribution in [2.75, 3.05) is 39.6 Å². The zero-order chi connectivity index (χ0) is 78.0. The molecule has 0 rings (SSSR count). The molecule has 620 valence electrons. The quantitative estimate of drug-likeness (QED) is 0.0146. The third kappa shape index (κ3) is 83.0. The molecule has 0 amide bonds. The fraction of sp³-hybridized carbons (Fsp3) is 0.764. The highest BCUT2D eigenvalue weighted by Crippen LogP contribution is 2.45. The van der Waals surface area contributed by atoms with Gasteiger partial charge in [-0.3, -0.25) is 32.5 Å². The van der Waals surface area contributed by atoms with Gasteiger partial charge < -0.3 is 34.2 Å². The summed E-state index contributed by atoms with van der Waals surface area (Å²) < 4.78 is 61.2. The molecule has 5 unspecified atom stereocenters. The molecule has 107 heavy (non-hydrogen) atoms. The normalized spacial score (nSPS) is 14.4. The van der Waals surface area contributed by atoms with Crippen LogP contribution >= 0.6 is 15.6 Å². The van der Waals surface area contributed by atoms with E-state index in [9.17, 15) is 43.5 Å². The lowest BCUT2D eigenvalue weighted by atomic mass is 10.0. The van der Waals surface area contributed by atoms with E-state index >= 15 is 0 Å². The summed E-state index contributed by atoms with van der Waals surface area (Å²) >= 11 is 0.